The van der Waals surface area contributed by atoms with Crippen molar-refractivity contribution in [2.75, 3.05) is 6.26 Å². The van der Waals surface area contributed by atoms with Gasteiger partial charge in [0.2, 0.25) is 10.0 Å². The van der Waals surface area contributed by atoms with Crippen LogP contribution in [0.3, 0.4) is 0 Å². The molecule has 0 spiro atoms. The average Bonchev–Trinajstić information content (AvgIpc) is 2.25. The van der Waals surface area contributed by atoms with E-state index in [1.54, 1.807) is 27.7 Å². The van der Waals surface area contributed by atoms with Crippen molar-refractivity contribution in [2.24, 2.45) is 5.92 Å². The van der Waals surface area contributed by atoms with Gasteiger partial charge in [-0.1, -0.05) is 19.3 Å². The Morgan fingerprint density at radius 3 is 2.10 bits per heavy atom. The van der Waals surface area contributed by atoms with Crippen molar-refractivity contribution in [3.8, 4) is 0 Å². The Labute approximate surface area is 122 Å². The molecule has 5 nitrogen and oxygen atoms in total. The van der Waals surface area contributed by atoms with E-state index in [0.717, 1.165) is 36.2 Å². The molecule has 0 N–H and O–H groups in total. The molecule has 0 bridgehead atoms. The third-order valence-electron chi connectivity index (χ3n) is 3.63. The summed E-state index contributed by atoms with van der Waals surface area (Å²) in [6.07, 6.45) is 5.62. The molecule has 1 atom stereocenters. The molecule has 1 aliphatic carbocycles. The minimum Gasteiger partial charge on any atom is -0.443 e. The Kier molecular flexibility index (Phi) is 5.46. The predicted molar refractivity (Wildman–Crippen MR) is 79.0 cm³/mol. The second kappa shape index (κ2) is 6.33. The van der Waals surface area contributed by atoms with Gasteiger partial charge in [0.05, 0.1) is 12.3 Å². The van der Waals surface area contributed by atoms with Crippen LogP contribution >= 0.6 is 0 Å². The number of carbonyl (C=O) groups is 1. The van der Waals surface area contributed by atoms with E-state index in [9.17, 15) is 13.2 Å². The first kappa shape index (κ1) is 17.3. The third kappa shape index (κ3) is 4.96. The number of rotatable bonds is 3. The molecular weight excluding hydrogens is 278 g/mol. The smallest absolute Gasteiger partial charge is 0.424 e. The minimum atomic E-state index is -3.63. The maximum atomic E-state index is 12.2. The van der Waals surface area contributed by atoms with Crippen molar-refractivity contribution < 1.29 is 17.9 Å². The highest BCUT2D eigenvalue weighted by molar-refractivity contribution is 7.88. The molecule has 0 aliphatic heterocycles. The van der Waals surface area contributed by atoms with Crippen LogP contribution in [0.25, 0.3) is 0 Å². The van der Waals surface area contributed by atoms with Gasteiger partial charge >= 0.3 is 6.09 Å². The van der Waals surface area contributed by atoms with Crippen LogP contribution in [0.5, 0.6) is 0 Å². The Morgan fingerprint density at radius 2 is 1.70 bits per heavy atom. The van der Waals surface area contributed by atoms with Crippen molar-refractivity contribution in [3.05, 3.63) is 0 Å². The summed E-state index contributed by atoms with van der Waals surface area (Å²) >= 11 is 0. The standard InChI is InChI=1S/C14H27NO4S/c1-11(12-9-7-6-8-10-12)15(20(5,17)18)13(16)19-14(2,3)4/h11-12H,6-10H2,1-5H3. The molecule has 0 heterocycles. The van der Waals surface area contributed by atoms with E-state index < -0.39 is 21.7 Å². The average molecular weight is 305 g/mol. The maximum absolute atomic E-state index is 12.2. The van der Waals surface area contributed by atoms with Gasteiger partial charge in [-0.25, -0.2) is 17.5 Å². The quantitative estimate of drug-likeness (QED) is 0.803. The van der Waals surface area contributed by atoms with Crippen LogP contribution in [0, 0.1) is 5.92 Å². The fraction of sp³-hybridized carbons (Fsp3) is 0.929. The zero-order chi connectivity index (χ0) is 15.6. The van der Waals surface area contributed by atoms with Gasteiger partial charge in [-0.2, -0.15) is 0 Å². The number of hydrogen-bond donors (Lipinski definition) is 0. The summed E-state index contributed by atoms with van der Waals surface area (Å²) in [4.78, 5) is 12.2. The summed E-state index contributed by atoms with van der Waals surface area (Å²) in [6.45, 7) is 7.00. The van der Waals surface area contributed by atoms with E-state index in [1.807, 2.05) is 0 Å². The van der Waals surface area contributed by atoms with Gasteiger partial charge in [-0.15, -0.1) is 0 Å². The summed E-state index contributed by atoms with van der Waals surface area (Å²) in [6, 6.07) is -0.347. The predicted octanol–water partition coefficient (Wildman–Crippen LogP) is 3.15. The van der Waals surface area contributed by atoms with Crippen molar-refractivity contribution >= 4 is 16.1 Å². The van der Waals surface area contributed by atoms with E-state index >= 15 is 0 Å². The molecular formula is C14H27NO4S. The van der Waals surface area contributed by atoms with Crippen LogP contribution in [0.1, 0.15) is 59.8 Å². The lowest BCUT2D eigenvalue weighted by Crippen LogP contribution is -2.48. The Bertz CT molecular complexity index is 433. The summed E-state index contributed by atoms with van der Waals surface area (Å²) in [5, 5.41) is 0. The van der Waals surface area contributed by atoms with Crippen molar-refractivity contribution in [1.82, 2.24) is 4.31 Å². The first-order chi connectivity index (χ1) is 9.02. The Balaban J connectivity index is 2.92. The van der Waals surface area contributed by atoms with E-state index in [1.165, 1.54) is 6.42 Å². The number of hydrogen-bond acceptors (Lipinski definition) is 4. The molecule has 0 saturated heterocycles. The third-order valence-corrected chi connectivity index (χ3v) is 4.83. The van der Waals surface area contributed by atoms with Crippen molar-refractivity contribution in [3.63, 3.8) is 0 Å². The van der Waals surface area contributed by atoms with E-state index in [0.29, 0.717) is 0 Å². The van der Waals surface area contributed by atoms with Gasteiger partial charge < -0.3 is 4.74 Å². The number of carbonyl (C=O) groups excluding carboxylic acids is 1. The molecule has 1 rings (SSSR count). The van der Waals surface area contributed by atoms with Gasteiger partial charge in [-0.05, 0) is 46.5 Å². The highest BCUT2D eigenvalue weighted by Crippen LogP contribution is 2.30. The number of nitrogens with zero attached hydrogens (tertiary/aromatic N) is 1. The second-order valence-corrected chi connectivity index (χ2v) is 8.54. The van der Waals surface area contributed by atoms with Gasteiger partial charge in [0.25, 0.3) is 0 Å². The molecule has 118 valence electrons. The molecule has 1 aliphatic rings. The Morgan fingerprint density at radius 1 is 1.20 bits per heavy atom. The minimum absolute atomic E-state index is 0.228. The van der Waals surface area contributed by atoms with Crippen LogP contribution in [-0.2, 0) is 14.8 Å². The van der Waals surface area contributed by atoms with Crippen LogP contribution in [0.2, 0.25) is 0 Å². The van der Waals surface area contributed by atoms with Crippen LogP contribution in [0.4, 0.5) is 4.79 Å². The molecule has 20 heavy (non-hydrogen) atoms. The van der Waals surface area contributed by atoms with E-state index in [-0.39, 0.29) is 12.0 Å². The molecule has 0 aromatic heterocycles. The fourth-order valence-corrected chi connectivity index (χ4v) is 3.80. The molecule has 0 aromatic carbocycles. The molecule has 6 heteroatoms. The monoisotopic (exact) mass is 305 g/mol. The summed E-state index contributed by atoms with van der Waals surface area (Å²) < 4.78 is 30.1. The van der Waals surface area contributed by atoms with E-state index in [2.05, 4.69) is 0 Å². The summed E-state index contributed by atoms with van der Waals surface area (Å²) in [7, 11) is -3.63. The molecule has 0 aromatic rings. The second-order valence-electron chi connectivity index (χ2n) is 6.68. The zero-order valence-electron chi connectivity index (χ0n) is 13.2. The van der Waals surface area contributed by atoms with Crippen molar-refractivity contribution in [1.29, 1.82) is 0 Å². The molecule has 1 unspecified atom stereocenters. The molecule has 1 fully saturated rings. The van der Waals surface area contributed by atoms with Crippen molar-refractivity contribution in [2.45, 2.75) is 71.4 Å². The normalized spacial score (nSPS) is 19.4. The fourth-order valence-electron chi connectivity index (χ4n) is 2.72. The highest BCUT2D eigenvalue weighted by atomic mass is 32.2. The zero-order valence-corrected chi connectivity index (χ0v) is 14.0. The molecule has 1 amide bonds. The van der Waals surface area contributed by atoms with Crippen LogP contribution < -0.4 is 0 Å². The number of amides is 1. The first-order valence-electron chi connectivity index (χ1n) is 7.25. The summed E-state index contributed by atoms with van der Waals surface area (Å²) in [5.41, 5.74) is -0.702. The number of ether oxygens (including phenoxy) is 1. The SMILES string of the molecule is CC(C1CCCCC1)N(C(=O)OC(C)(C)C)S(C)(=O)=O. The maximum Gasteiger partial charge on any atom is 0.424 e. The molecule has 0 radical (unpaired) electrons. The van der Waals surface area contributed by atoms with Gasteiger partial charge in [-0.3, -0.25) is 0 Å². The highest BCUT2D eigenvalue weighted by Gasteiger charge is 2.36. The van der Waals surface area contributed by atoms with Crippen LogP contribution in [-0.4, -0.2) is 36.7 Å². The lowest BCUT2D eigenvalue weighted by atomic mass is 9.84. The van der Waals surface area contributed by atoms with Crippen LogP contribution in [0.15, 0.2) is 0 Å². The van der Waals surface area contributed by atoms with Gasteiger partial charge in [0, 0.05) is 0 Å². The number of sulfonamides is 1. The summed E-state index contributed by atoms with van der Waals surface area (Å²) in [5.74, 6) is 0.228. The van der Waals surface area contributed by atoms with Gasteiger partial charge in [0.15, 0.2) is 0 Å². The topological polar surface area (TPSA) is 63.7 Å². The van der Waals surface area contributed by atoms with E-state index in [4.69, 9.17) is 4.74 Å². The first-order valence-corrected chi connectivity index (χ1v) is 9.09. The van der Waals surface area contributed by atoms with Gasteiger partial charge in [0.1, 0.15) is 5.60 Å². The lowest BCUT2D eigenvalue weighted by molar-refractivity contribution is 0.0297. The molecule has 1 saturated carbocycles. The largest absolute Gasteiger partial charge is 0.443 e. The lowest BCUT2D eigenvalue weighted by Gasteiger charge is -2.35. The Hall–Kier alpha value is -0.780.